The Bertz CT molecular complexity index is 1040. The number of carbonyl (C=O) groups is 2. The molecule has 0 saturated carbocycles. The van der Waals surface area contributed by atoms with Crippen molar-refractivity contribution in [2.45, 2.75) is 26.7 Å². The van der Waals surface area contributed by atoms with E-state index in [9.17, 15) is 9.59 Å². The van der Waals surface area contributed by atoms with E-state index in [1.807, 2.05) is 30.3 Å². The number of ketones is 1. The smallest absolute Gasteiger partial charge is 0.257 e. The van der Waals surface area contributed by atoms with Crippen molar-refractivity contribution < 1.29 is 14.3 Å². The van der Waals surface area contributed by atoms with Crippen LogP contribution in [0.5, 0.6) is 11.5 Å². The number of benzene rings is 2. The minimum atomic E-state index is -0.281. The van der Waals surface area contributed by atoms with Crippen LogP contribution in [0, 0.1) is 5.41 Å². The maximum Gasteiger partial charge on any atom is 0.257 e. The number of carbonyl (C=O) groups excluding carboxylic acids is 2. The van der Waals surface area contributed by atoms with Crippen LogP contribution in [0.25, 0.3) is 0 Å². The maximum atomic E-state index is 12.7. The number of para-hydroxylation sites is 1. The number of rotatable bonds is 4. The van der Waals surface area contributed by atoms with Crippen LogP contribution in [0.15, 0.2) is 54.6 Å². The Balaban J connectivity index is 1.50. The number of fused-ring (bicyclic) bond motifs is 1. The highest BCUT2D eigenvalue weighted by molar-refractivity contribution is 7.17. The summed E-state index contributed by atoms with van der Waals surface area (Å²) in [6.07, 6.45) is 1.25. The summed E-state index contributed by atoms with van der Waals surface area (Å²) in [4.78, 5) is 30.1. The molecule has 6 heteroatoms. The molecule has 1 aromatic heterocycles. The summed E-state index contributed by atoms with van der Waals surface area (Å²) in [6, 6.07) is 16.4. The van der Waals surface area contributed by atoms with Crippen molar-refractivity contribution in [1.82, 2.24) is 4.98 Å². The Hall–Kier alpha value is -2.99. The van der Waals surface area contributed by atoms with Crippen molar-refractivity contribution >= 4 is 28.2 Å². The van der Waals surface area contributed by atoms with Gasteiger partial charge in [0.1, 0.15) is 11.5 Å². The van der Waals surface area contributed by atoms with E-state index in [-0.39, 0.29) is 17.1 Å². The predicted octanol–water partition coefficient (Wildman–Crippen LogP) is 5.34. The molecule has 1 heterocycles. The van der Waals surface area contributed by atoms with Gasteiger partial charge in [0.05, 0.1) is 10.6 Å². The lowest BCUT2D eigenvalue weighted by atomic mass is 9.78. The van der Waals surface area contributed by atoms with Crippen molar-refractivity contribution in [2.24, 2.45) is 5.41 Å². The summed E-state index contributed by atoms with van der Waals surface area (Å²) in [5, 5.41) is 3.27. The van der Waals surface area contributed by atoms with Gasteiger partial charge < -0.3 is 4.74 Å². The average molecular weight is 392 g/mol. The number of thiazole rings is 1. The third-order valence-corrected chi connectivity index (χ3v) is 5.59. The van der Waals surface area contributed by atoms with Crippen LogP contribution in [0.3, 0.4) is 0 Å². The Labute approximate surface area is 167 Å². The number of hydrogen-bond donors (Lipinski definition) is 1. The van der Waals surface area contributed by atoms with Crippen LogP contribution in [-0.4, -0.2) is 16.7 Å². The van der Waals surface area contributed by atoms with Gasteiger partial charge in [-0.1, -0.05) is 49.4 Å². The topological polar surface area (TPSA) is 68.3 Å². The fourth-order valence-electron chi connectivity index (χ4n) is 3.27. The Morgan fingerprint density at radius 3 is 2.61 bits per heavy atom. The molecule has 2 aromatic carbocycles. The van der Waals surface area contributed by atoms with Crippen LogP contribution < -0.4 is 10.1 Å². The molecule has 0 unspecified atom stereocenters. The van der Waals surface area contributed by atoms with E-state index < -0.39 is 0 Å². The zero-order valence-electron chi connectivity index (χ0n) is 15.7. The number of Topliss-reactive ketones (excluding diaryl/α,β-unsaturated/α-hetero) is 1. The molecule has 0 bridgehead atoms. The summed E-state index contributed by atoms with van der Waals surface area (Å²) in [5.41, 5.74) is 1.15. The highest BCUT2D eigenvalue weighted by Gasteiger charge is 2.34. The standard InChI is InChI=1S/C22H20N2O3S/c1-22(2)12-17-19(18(25)13-22)28-21(23-17)24-20(26)14-7-6-10-16(11-14)27-15-8-4-3-5-9-15/h3-11H,12-13H2,1-2H3,(H,23,24,26). The van der Waals surface area contributed by atoms with Crippen LogP contribution in [0.2, 0.25) is 0 Å². The second kappa shape index (κ2) is 7.20. The Morgan fingerprint density at radius 2 is 1.82 bits per heavy atom. The molecule has 1 amide bonds. The minimum Gasteiger partial charge on any atom is -0.457 e. The lowest BCUT2D eigenvalue weighted by Crippen LogP contribution is -2.26. The molecule has 1 N–H and O–H groups in total. The van der Waals surface area contributed by atoms with Gasteiger partial charge in [0.15, 0.2) is 10.9 Å². The molecule has 3 aromatic rings. The average Bonchev–Trinajstić information content (AvgIpc) is 3.04. The molecular formula is C22H20N2O3S. The van der Waals surface area contributed by atoms with Gasteiger partial charge in [0, 0.05) is 12.0 Å². The normalized spacial score (nSPS) is 15.0. The molecule has 0 spiro atoms. The van der Waals surface area contributed by atoms with E-state index in [0.29, 0.717) is 33.5 Å². The number of hydrogen-bond acceptors (Lipinski definition) is 5. The quantitative estimate of drug-likeness (QED) is 0.650. The van der Waals surface area contributed by atoms with Gasteiger partial charge in [-0.3, -0.25) is 14.9 Å². The zero-order chi connectivity index (χ0) is 19.7. The zero-order valence-corrected chi connectivity index (χ0v) is 16.5. The van der Waals surface area contributed by atoms with Crippen molar-refractivity contribution in [1.29, 1.82) is 0 Å². The van der Waals surface area contributed by atoms with Gasteiger partial charge in [0.25, 0.3) is 5.91 Å². The Morgan fingerprint density at radius 1 is 1.07 bits per heavy atom. The molecule has 1 aliphatic carbocycles. The number of anilines is 1. The van der Waals surface area contributed by atoms with Crippen molar-refractivity contribution in [3.05, 3.63) is 70.7 Å². The monoisotopic (exact) mass is 392 g/mol. The summed E-state index contributed by atoms with van der Waals surface area (Å²) in [7, 11) is 0. The van der Waals surface area contributed by atoms with Gasteiger partial charge in [0.2, 0.25) is 0 Å². The van der Waals surface area contributed by atoms with Gasteiger partial charge in [-0.15, -0.1) is 0 Å². The molecule has 0 saturated heterocycles. The van der Waals surface area contributed by atoms with Crippen molar-refractivity contribution in [3.8, 4) is 11.5 Å². The summed E-state index contributed by atoms with van der Waals surface area (Å²) in [5.74, 6) is 1.10. The molecular weight excluding hydrogens is 372 g/mol. The first-order valence-corrected chi connectivity index (χ1v) is 9.88. The minimum absolute atomic E-state index is 0.0947. The number of ether oxygens (including phenoxy) is 1. The molecule has 0 radical (unpaired) electrons. The maximum absolute atomic E-state index is 12.7. The van der Waals surface area contributed by atoms with Crippen molar-refractivity contribution in [2.75, 3.05) is 5.32 Å². The van der Waals surface area contributed by atoms with E-state index in [4.69, 9.17) is 4.74 Å². The molecule has 4 rings (SSSR count). The first kappa shape index (κ1) is 18.4. The first-order chi connectivity index (χ1) is 13.4. The molecule has 5 nitrogen and oxygen atoms in total. The highest BCUT2D eigenvalue weighted by Crippen LogP contribution is 2.38. The van der Waals surface area contributed by atoms with Crippen LogP contribution in [0.1, 0.15) is 46.0 Å². The number of aromatic nitrogens is 1. The molecule has 1 aliphatic rings. The van der Waals surface area contributed by atoms with Crippen LogP contribution in [0.4, 0.5) is 5.13 Å². The second-order valence-electron chi connectivity index (χ2n) is 7.63. The van der Waals surface area contributed by atoms with Gasteiger partial charge >= 0.3 is 0 Å². The lowest BCUT2D eigenvalue weighted by molar-refractivity contribution is 0.0915. The summed E-state index contributed by atoms with van der Waals surface area (Å²) in [6.45, 7) is 4.12. The lowest BCUT2D eigenvalue weighted by Gasteiger charge is -2.26. The van der Waals surface area contributed by atoms with E-state index in [1.165, 1.54) is 11.3 Å². The van der Waals surface area contributed by atoms with E-state index in [2.05, 4.69) is 24.1 Å². The van der Waals surface area contributed by atoms with Crippen LogP contribution in [-0.2, 0) is 6.42 Å². The van der Waals surface area contributed by atoms with Crippen LogP contribution >= 0.6 is 11.3 Å². The largest absolute Gasteiger partial charge is 0.457 e. The van der Waals surface area contributed by atoms with E-state index >= 15 is 0 Å². The Kier molecular flexibility index (Phi) is 4.73. The highest BCUT2D eigenvalue weighted by atomic mass is 32.1. The molecule has 142 valence electrons. The molecule has 0 aliphatic heterocycles. The molecule has 28 heavy (non-hydrogen) atoms. The molecule has 0 fully saturated rings. The summed E-state index contributed by atoms with van der Waals surface area (Å²) < 4.78 is 5.78. The third kappa shape index (κ3) is 3.97. The second-order valence-corrected chi connectivity index (χ2v) is 8.63. The third-order valence-electron chi connectivity index (χ3n) is 4.53. The van der Waals surface area contributed by atoms with Gasteiger partial charge in [-0.2, -0.15) is 0 Å². The van der Waals surface area contributed by atoms with E-state index in [1.54, 1.807) is 24.3 Å². The van der Waals surface area contributed by atoms with E-state index in [0.717, 1.165) is 12.1 Å². The fraction of sp³-hybridized carbons (Fsp3) is 0.227. The first-order valence-electron chi connectivity index (χ1n) is 9.07. The summed E-state index contributed by atoms with van der Waals surface area (Å²) >= 11 is 1.25. The van der Waals surface area contributed by atoms with Crippen molar-refractivity contribution in [3.63, 3.8) is 0 Å². The van der Waals surface area contributed by atoms with Gasteiger partial charge in [-0.05, 0) is 42.2 Å². The van der Waals surface area contributed by atoms with Gasteiger partial charge in [-0.25, -0.2) is 4.98 Å². The number of nitrogens with zero attached hydrogens (tertiary/aromatic N) is 1. The number of amides is 1. The number of nitrogens with one attached hydrogen (secondary N) is 1. The fourth-order valence-corrected chi connectivity index (χ4v) is 4.18. The SMILES string of the molecule is CC1(C)CC(=O)c2sc(NC(=O)c3cccc(Oc4ccccc4)c3)nc2C1. The molecule has 0 atom stereocenters. The predicted molar refractivity (Wildman–Crippen MR) is 109 cm³/mol.